The first-order valence-electron chi connectivity index (χ1n) is 5.03. The number of hydrogen-bond acceptors (Lipinski definition) is 3. The summed E-state index contributed by atoms with van der Waals surface area (Å²) >= 11 is 0. The quantitative estimate of drug-likeness (QED) is 0.559. The first-order valence-corrected chi connectivity index (χ1v) is 5.03. The minimum Gasteiger partial charge on any atom is -0.396 e. The highest BCUT2D eigenvalue weighted by Gasteiger charge is 1.93. The van der Waals surface area contributed by atoms with Gasteiger partial charge in [0, 0.05) is 19.8 Å². The monoisotopic (exact) mass is 190 g/mol. The first kappa shape index (κ1) is 12.9. The largest absolute Gasteiger partial charge is 0.396 e. The van der Waals surface area contributed by atoms with E-state index in [0.717, 1.165) is 13.0 Å². The van der Waals surface area contributed by atoms with Crippen LogP contribution >= 0.6 is 0 Å². The second-order valence-electron chi connectivity index (χ2n) is 3.48. The Morgan fingerprint density at radius 1 is 1.00 bits per heavy atom. The van der Waals surface area contributed by atoms with E-state index in [1.165, 1.54) is 0 Å². The van der Waals surface area contributed by atoms with Crippen molar-refractivity contribution in [1.82, 2.24) is 0 Å². The van der Waals surface area contributed by atoms with E-state index in [-0.39, 0.29) is 6.61 Å². The van der Waals surface area contributed by atoms with Crippen LogP contribution in [0.1, 0.15) is 26.7 Å². The van der Waals surface area contributed by atoms with Crippen molar-refractivity contribution in [2.45, 2.75) is 26.7 Å². The summed E-state index contributed by atoms with van der Waals surface area (Å²) in [6, 6.07) is 0. The Morgan fingerprint density at radius 2 is 1.62 bits per heavy atom. The molecule has 0 bridgehead atoms. The highest BCUT2D eigenvalue weighted by Crippen LogP contribution is 1.98. The van der Waals surface area contributed by atoms with Gasteiger partial charge in [0.25, 0.3) is 0 Å². The molecule has 0 atom stereocenters. The van der Waals surface area contributed by atoms with Gasteiger partial charge in [-0.2, -0.15) is 0 Å². The van der Waals surface area contributed by atoms with Crippen LogP contribution in [0.3, 0.4) is 0 Å². The molecule has 0 aliphatic heterocycles. The molecule has 0 heterocycles. The molecular weight excluding hydrogens is 168 g/mol. The topological polar surface area (TPSA) is 38.7 Å². The van der Waals surface area contributed by atoms with Crippen molar-refractivity contribution in [1.29, 1.82) is 0 Å². The van der Waals surface area contributed by atoms with Gasteiger partial charge in [-0.1, -0.05) is 13.8 Å². The minimum atomic E-state index is 0.203. The third-order valence-corrected chi connectivity index (χ3v) is 1.66. The summed E-state index contributed by atoms with van der Waals surface area (Å²) in [4.78, 5) is 0. The van der Waals surface area contributed by atoms with Crippen molar-refractivity contribution >= 4 is 0 Å². The van der Waals surface area contributed by atoms with Gasteiger partial charge in [-0.25, -0.2) is 0 Å². The molecule has 0 radical (unpaired) electrons. The second kappa shape index (κ2) is 9.96. The lowest BCUT2D eigenvalue weighted by Crippen LogP contribution is -2.07. The lowest BCUT2D eigenvalue weighted by atomic mass is 10.1. The number of ether oxygens (including phenoxy) is 2. The van der Waals surface area contributed by atoms with Crippen LogP contribution in [0.4, 0.5) is 0 Å². The maximum atomic E-state index is 8.46. The molecule has 0 unspecified atom stereocenters. The number of rotatable bonds is 9. The van der Waals surface area contributed by atoms with Crippen molar-refractivity contribution in [3.8, 4) is 0 Å². The Bertz CT molecular complexity index is 94.2. The molecule has 0 aromatic rings. The van der Waals surface area contributed by atoms with E-state index < -0.39 is 0 Å². The van der Waals surface area contributed by atoms with Crippen molar-refractivity contribution in [3.63, 3.8) is 0 Å². The smallest absolute Gasteiger partial charge is 0.0700 e. The Labute approximate surface area is 81.0 Å². The molecule has 0 aliphatic carbocycles. The predicted octanol–water partition coefficient (Wildman–Crippen LogP) is 1.45. The van der Waals surface area contributed by atoms with Crippen LogP contribution in [0.5, 0.6) is 0 Å². The summed E-state index contributed by atoms with van der Waals surface area (Å²) in [7, 11) is 0. The highest BCUT2D eigenvalue weighted by molar-refractivity contribution is 4.42. The lowest BCUT2D eigenvalue weighted by molar-refractivity contribution is 0.0392. The Balaban J connectivity index is 2.84. The zero-order valence-corrected chi connectivity index (χ0v) is 8.79. The number of aliphatic hydroxyl groups is 1. The molecule has 3 nitrogen and oxygen atoms in total. The van der Waals surface area contributed by atoms with Crippen LogP contribution in [0.25, 0.3) is 0 Å². The second-order valence-corrected chi connectivity index (χ2v) is 3.48. The summed E-state index contributed by atoms with van der Waals surface area (Å²) in [5, 5.41) is 8.46. The molecule has 0 saturated carbocycles. The minimum absolute atomic E-state index is 0.203. The van der Waals surface area contributed by atoms with Gasteiger partial charge in [0.15, 0.2) is 0 Å². The SMILES string of the molecule is CC(C)CCOCCOCCCO. The van der Waals surface area contributed by atoms with Gasteiger partial charge in [0.2, 0.25) is 0 Å². The molecule has 0 saturated heterocycles. The fraction of sp³-hybridized carbons (Fsp3) is 1.00. The molecule has 13 heavy (non-hydrogen) atoms. The average Bonchev–Trinajstić information content (AvgIpc) is 2.09. The van der Waals surface area contributed by atoms with Gasteiger partial charge in [-0.15, -0.1) is 0 Å². The van der Waals surface area contributed by atoms with E-state index in [9.17, 15) is 0 Å². The molecule has 0 spiro atoms. The molecule has 0 amide bonds. The van der Waals surface area contributed by atoms with Gasteiger partial charge in [-0.3, -0.25) is 0 Å². The van der Waals surface area contributed by atoms with E-state index >= 15 is 0 Å². The normalized spacial score (nSPS) is 11.1. The van der Waals surface area contributed by atoms with Crippen LogP contribution < -0.4 is 0 Å². The first-order chi connectivity index (χ1) is 6.27. The van der Waals surface area contributed by atoms with Crippen LogP contribution in [0, 0.1) is 5.92 Å². The maximum absolute atomic E-state index is 8.46. The summed E-state index contributed by atoms with van der Waals surface area (Å²) < 4.78 is 10.5. The van der Waals surface area contributed by atoms with Gasteiger partial charge in [0.05, 0.1) is 13.2 Å². The highest BCUT2D eigenvalue weighted by atomic mass is 16.5. The lowest BCUT2D eigenvalue weighted by Gasteiger charge is -2.06. The zero-order valence-electron chi connectivity index (χ0n) is 8.79. The summed E-state index contributed by atoms with van der Waals surface area (Å²) in [6.45, 7) is 7.32. The van der Waals surface area contributed by atoms with E-state index in [2.05, 4.69) is 13.8 Å². The number of hydrogen-bond donors (Lipinski definition) is 1. The summed E-state index contributed by atoms with van der Waals surface area (Å²) in [6.07, 6.45) is 1.82. The van der Waals surface area contributed by atoms with E-state index in [1.54, 1.807) is 0 Å². The third-order valence-electron chi connectivity index (χ3n) is 1.66. The van der Waals surface area contributed by atoms with Gasteiger partial charge in [-0.05, 0) is 18.8 Å². The fourth-order valence-corrected chi connectivity index (χ4v) is 0.808. The molecule has 1 N–H and O–H groups in total. The third kappa shape index (κ3) is 11.9. The molecule has 0 rings (SSSR count). The van der Waals surface area contributed by atoms with E-state index in [0.29, 0.717) is 32.2 Å². The Hall–Kier alpha value is -0.120. The molecule has 0 aromatic heterocycles. The van der Waals surface area contributed by atoms with Gasteiger partial charge < -0.3 is 14.6 Å². The Morgan fingerprint density at radius 3 is 2.15 bits per heavy atom. The molecule has 0 aromatic carbocycles. The average molecular weight is 190 g/mol. The standard InChI is InChI=1S/C10H22O3/c1-10(2)4-7-13-9-8-12-6-3-5-11/h10-11H,3-9H2,1-2H3. The van der Waals surface area contributed by atoms with Crippen molar-refractivity contribution in [2.75, 3.05) is 33.0 Å². The predicted molar refractivity (Wildman–Crippen MR) is 52.8 cm³/mol. The van der Waals surface area contributed by atoms with Gasteiger partial charge >= 0.3 is 0 Å². The molecular formula is C10H22O3. The van der Waals surface area contributed by atoms with E-state index in [1.807, 2.05) is 0 Å². The van der Waals surface area contributed by atoms with Gasteiger partial charge in [0.1, 0.15) is 0 Å². The maximum Gasteiger partial charge on any atom is 0.0700 e. The molecule has 3 heteroatoms. The zero-order chi connectivity index (χ0) is 9.94. The Kier molecular flexibility index (Phi) is 9.87. The van der Waals surface area contributed by atoms with E-state index in [4.69, 9.17) is 14.6 Å². The van der Waals surface area contributed by atoms with Crippen molar-refractivity contribution in [3.05, 3.63) is 0 Å². The van der Waals surface area contributed by atoms with Crippen molar-refractivity contribution < 1.29 is 14.6 Å². The van der Waals surface area contributed by atoms with Crippen LogP contribution in [0.2, 0.25) is 0 Å². The fourth-order valence-electron chi connectivity index (χ4n) is 0.808. The molecule has 80 valence electrons. The molecule has 0 aliphatic rings. The summed E-state index contributed by atoms with van der Waals surface area (Å²) in [5.74, 6) is 0.704. The number of aliphatic hydroxyl groups excluding tert-OH is 1. The molecule has 0 fully saturated rings. The van der Waals surface area contributed by atoms with Crippen molar-refractivity contribution in [2.24, 2.45) is 5.92 Å². The van der Waals surface area contributed by atoms with Crippen LogP contribution in [-0.2, 0) is 9.47 Å². The van der Waals surface area contributed by atoms with Crippen LogP contribution in [-0.4, -0.2) is 38.1 Å². The van der Waals surface area contributed by atoms with Crippen LogP contribution in [0.15, 0.2) is 0 Å². The summed E-state index contributed by atoms with van der Waals surface area (Å²) in [5.41, 5.74) is 0.